The monoisotopic (exact) mass is 258 g/mol. The Hall–Kier alpha value is -1.32. The minimum atomic E-state index is 0.288. The Morgan fingerprint density at radius 3 is 3.05 bits per heavy atom. The second-order valence-corrected chi connectivity index (χ2v) is 5.38. The van der Waals surface area contributed by atoms with Crippen LogP contribution in [0.2, 0.25) is 0 Å². The van der Waals surface area contributed by atoms with Gasteiger partial charge in [0.2, 0.25) is 0 Å². The summed E-state index contributed by atoms with van der Waals surface area (Å²) in [6, 6.07) is 9.19. The van der Waals surface area contributed by atoms with E-state index in [0.717, 1.165) is 12.1 Å². The number of likely N-dealkylation sites (tertiary alicyclic amines) is 1. The molecule has 2 unspecified atom stereocenters. The van der Waals surface area contributed by atoms with E-state index < -0.39 is 0 Å². The summed E-state index contributed by atoms with van der Waals surface area (Å²) >= 11 is 0. The van der Waals surface area contributed by atoms with Gasteiger partial charge in [-0.25, -0.2) is 0 Å². The number of hydrogen-bond donors (Lipinski definition) is 1. The second-order valence-electron chi connectivity index (χ2n) is 5.38. The molecule has 1 fully saturated rings. The highest BCUT2D eigenvalue weighted by molar-refractivity contribution is 5.81. The molecule has 0 bridgehead atoms. The van der Waals surface area contributed by atoms with Crippen molar-refractivity contribution in [1.29, 1.82) is 0 Å². The van der Waals surface area contributed by atoms with Gasteiger partial charge < -0.3 is 10.2 Å². The first-order valence-electron chi connectivity index (χ1n) is 7.27. The zero-order chi connectivity index (χ0) is 13.2. The Kier molecular flexibility index (Phi) is 3.58. The van der Waals surface area contributed by atoms with Crippen LogP contribution in [0.25, 0.3) is 11.0 Å². The maximum atomic E-state index is 6.07. The molecule has 1 aromatic heterocycles. The number of nitrogens with two attached hydrogens (primary N) is 1. The van der Waals surface area contributed by atoms with Crippen LogP contribution in [0.1, 0.15) is 37.8 Å². The van der Waals surface area contributed by atoms with Gasteiger partial charge in [-0.1, -0.05) is 25.1 Å². The number of para-hydroxylation sites is 1. The summed E-state index contributed by atoms with van der Waals surface area (Å²) in [4.78, 5) is 2.57. The number of fused-ring (bicyclic) bond motifs is 1. The quantitative estimate of drug-likeness (QED) is 0.915. The first-order valence-corrected chi connectivity index (χ1v) is 7.27. The van der Waals surface area contributed by atoms with Crippen molar-refractivity contribution in [3.8, 4) is 0 Å². The minimum Gasteiger partial charge on any atom is -0.464 e. The van der Waals surface area contributed by atoms with E-state index in [1.165, 1.54) is 30.2 Å². The molecule has 3 nitrogen and oxygen atoms in total. The van der Waals surface area contributed by atoms with Crippen molar-refractivity contribution in [2.75, 3.05) is 13.1 Å². The van der Waals surface area contributed by atoms with Crippen LogP contribution in [0.15, 0.2) is 34.9 Å². The molecule has 19 heavy (non-hydrogen) atoms. The van der Waals surface area contributed by atoms with E-state index in [1.807, 2.05) is 18.4 Å². The first kappa shape index (κ1) is 12.7. The Balaban J connectivity index is 1.98. The molecule has 0 aliphatic carbocycles. The predicted octanol–water partition coefficient (Wildman–Crippen LogP) is 3.31. The fraction of sp³-hybridized carbons (Fsp3) is 0.500. The van der Waals surface area contributed by atoms with Gasteiger partial charge in [-0.3, -0.25) is 4.90 Å². The van der Waals surface area contributed by atoms with Crippen molar-refractivity contribution in [3.63, 3.8) is 0 Å². The molecule has 0 saturated carbocycles. The fourth-order valence-electron chi connectivity index (χ4n) is 3.40. The molecule has 3 heteroatoms. The third-order valence-electron chi connectivity index (χ3n) is 4.39. The number of furan rings is 1. The summed E-state index contributed by atoms with van der Waals surface area (Å²) in [7, 11) is 0. The average Bonchev–Trinajstić information content (AvgIpc) is 3.07. The molecule has 0 radical (unpaired) electrons. The molecule has 1 aliphatic heterocycles. The highest BCUT2D eigenvalue weighted by Crippen LogP contribution is 2.34. The van der Waals surface area contributed by atoms with Gasteiger partial charge in [-0.2, -0.15) is 0 Å². The van der Waals surface area contributed by atoms with Crippen molar-refractivity contribution in [2.45, 2.75) is 38.3 Å². The lowest BCUT2D eigenvalue weighted by atomic mass is 10.0. The van der Waals surface area contributed by atoms with Gasteiger partial charge in [-0.15, -0.1) is 0 Å². The summed E-state index contributed by atoms with van der Waals surface area (Å²) in [5.74, 6) is 0. The predicted molar refractivity (Wildman–Crippen MR) is 78.0 cm³/mol. The van der Waals surface area contributed by atoms with E-state index in [0.29, 0.717) is 12.6 Å². The molecule has 1 aromatic carbocycles. The first-order chi connectivity index (χ1) is 9.35. The van der Waals surface area contributed by atoms with Crippen molar-refractivity contribution in [1.82, 2.24) is 4.90 Å². The van der Waals surface area contributed by atoms with Crippen LogP contribution in [0.5, 0.6) is 0 Å². The highest BCUT2D eigenvalue weighted by Gasteiger charge is 2.31. The van der Waals surface area contributed by atoms with Gasteiger partial charge in [0.25, 0.3) is 0 Å². The van der Waals surface area contributed by atoms with Crippen LogP contribution < -0.4 is 5.73 Å². The summed E-state index contributed by atoms with van der Waals surface area (Å²) in [6.45, 7) is 4.07. The van der Waals surface area contributed by atoms with E-state index >= 15 is 0 Å². The molecule has 0 amide bonds. The molecule has 2 heterocycles. The molecule has 1 aliphatic rings. The van der Waals surface area contributed by atoms with Gasteiger partial charge in [0.05, 0.1) is 12.3 Å². The van der Waals surface area contributed by atoms with E-state index in [-0.39, 0.29) is 6.04 Å². The largest absolute Gasteiger partial charge is 0.464 e. The lowest BCUT2D eigenvalue weighted by Crippen LogP contribution is -2.37. The standard InChI is InChI=1S/C16H22N2O/c1-2-12-6-5-9-18(12)15(10-17)14-11-19-16-8-4-3-7-13(14)16/h3-4,7-8,11-12,15H,2,5-6,9-10,17H2,1H3. The fourth-order valence-corrected chi connectivity index (χ4v) is 3.40. The lowest BCUT2D eigenvalue weighted by molar-refractivity contribution is 0.180. The topological polar surface area (TPSA) is 42.4 Å². The van der Waals surface area contributed by atoms with Gasteiger partial charge in [-0.05, 0) is 31.9 Å². The summed E-state index contributed by atoms with van der Waals surface area (Å²) in [5, 5.41) is 1.21. The van der Waals surface area contributed by atoms with Crippen molar-refractivity contribution < 1.29 is 4.42 Å². The van der Waals surface area contributed by atoms with Crippen molar-refractivity contribution >= 4 is 11.0 Å². The Morgan fingerprint density at radius 1 is 1.42 bits per heavy atom. The van der Waals surface area contributed by atoms with E-state index in [4.69, 9.17) is 10.2 Å². The Bertz CT molecular complexity index is 548. The van der Waals surface area contributed by atoms with Crippen LogP contribution in [0, 0.1) is 0 Å². The van der Waals surface area contributed by atoms with Crippen LogP contribution in [-0.2, 0) is 0 Å². The average molecular weight is 258 g/mol. The van der Waals surface area contributed by atoms with Gasteiger partial charge in [0, 0.05) is 23.5 Å². The number of benzene rings is 1. The highest BCUT2D eigenvalue weighted by atomic mass is 16.3. The molecular weight excluding hydrogens is 236 g/mol. The van der Waals surface area contributed by atoms with Crippen molar-refractivity contribution in [2.24, 2.45) is 5.73 Å². The van der Waals surface area contributed by atoms with Gasteiger partial charge in [0.1, 0.15) is 5.58 Å². The molecular formula is C16H22N2O. The molecule has 0 spiro atoms. The maximum absolute atomic E-state index is 6.07. The molecule has 3 rings (SSSR count). The van der Waals surface area contributed by atoms with E-state index in [9.17, 15) is 0 Å². The van der Waals surface area contributed by atoms with Gasteiger partial charge >= 0.3 is 0 Å². The summed E-state index contributed by atoms with van der Waals surface area (Å²) in [6.07, 6.45) is 5.67. The molecule has 1 saturated heterocycles. The normalized spacial score (nSPS) is 22.1. The summed E-state index contributed by atoms with van der Waals surface area (Å²) in [5.41, 5.74) is 8.28. The number of hydrogen-bond acceptors (Lipinski definition) is 3. The van der Waals surface area contributed by atoms with Crippen LogP contribution >= 0.6 is 0 Å². The zero-order valence-electron chi connectivity index (χ0n) is 11.5. The minimum absolute atomic E-state index is 0.288. The molecule has 2 aromatic rings. The molecule has 102 valence electrons. The van der Waals surface area contributed by atoms with Gasteiger partial charge in [0.15, 0.2) is 0 Å². The second kappa shape index (κ2) is 5.35. The smallest absolute Gasteiger partial charge is 0.134 e. The summed E-state index contributed by atoms with van der Waals surface area (Å²) < 4.78 is 5.68. The van der Waals surface area contributed by atoms with Crippen molar-refractivity contribution in [3.05, 3.63) is 36.1 Å². The van der Waals surface area contributed by atoms with E-state index in [2.05, 4.69) is 24.0 Å². The maximum Gasteiger partial charge on any atom is 0.134 e. The third kappa shape index (κ3) is 2.17. The molecule has 2 N–H and O–H groups in total. The Labute approximate surface area is 114 Å². The Morgan fingerprint density at radius 2 is 2.26 bits per heavy atom. The number of rotatable bonds is 4. The molecule has 2 atom stereocenters. The third-order valence-corrected chi connectivity index (χ3v) is 4.39. The number of nitrogens with zero attached hydrogens (tertiary/aromatic N) is 1. The van der Waals surface area contributed by atoms with Crippen LogP contribution in [0.4, 0.5) is 0 Å². The van der Waals surface area contributed by atoms with Crippen LogP contribution in [0.3, 0.4) is 0 Å². The van der Waals surface area contributed by atoms with E-state index in [1.54, 1.807) is 0 Å². The van der Waals surface area contributed by atoms with Crippen LogP contribution in [-0.4, -0.2) is 24.0 Å². The SMILES string of the molecule is CCC1CCCN1C(CN)c1coc2ccccc12. The lowest BCUT2D eigenvalue weighted by Gasteiger charge is -2.31. The zero-order valence-corrected chi connectivity index (χ0v) is 11.5.